The molecule has 0 aliphatic carbocycles. The highest BCUT2D eigenvalue weighted by molar-refractivity contribution is 7.86. The highest BCUT2D eigenvalue weighted by atomic mass is 32.2. The molecule has 3 aromatic rings. The van der Waals surface area contributed by atoms with Crippen LogP contribution in [0.3, 0.4) is 0 Å². The molecule has 0 amide bonds. The van der Waals surface area contributed by atoms with Crippen molar-refractivity contribution in [2.45, 2.75) is 9.79 Å². The normalized spacial score (nSPS) is 11.6. The average Bonchev–Trinajstić information content (AvgIpc) is 2.76. The van der Waals surface area contributed by atoms with Gasteiger partial charge in [-0.1, -0.05) is 6.07 Å². The molecule has 0 spiro atoms. The third-order valence-corrected chi connectivity index (χ3v) is 5.92. The first-order valence-electron chi connectivity index (χ1n) is 9.53. The monoisotopic (exact) mass is 525 g/mol. The molecule has 0 bridgehead atoms. The van der Waals surface area contributed by atoms with E-state index < -0.39 is 36.7 Å². The van der Waals surface area contributed by atoms with Crippen molar-refractivity contribution in [1.29, 1.82) is 0 Å². The summed E-state index contributed by atoms with van der Waals surface area (Å²) in [6.45, 7) is 0.498. The van der Waals surface area contributed by atoms with Crippen LogP contribution in [0.5, 0.6) is 0 Å². The molecular formula is C18H19N7O8S2. The Bertz CT molecular complexity index is 1480. The van der Waals surface area contributed by atoms with Gasteiger partial charge in [0.25, 0.3) is 20.2 Å². The highest BCUT2D eigenvalue weighted by Crippen LogP contribution is 2.25. The van der Waals surface area contributed by atoms with Crippen LogP contribution in [0.15, 0.2) is 52.3 Å². The molecule has 2 aromatic carbocycles. The van der Waals surface area contributed by atoms with Gasteiger partial charge in [0.2, 0.25) is 17.8 Å². The number of rotatable bonds is 10. The van der Waals surface area contributed by atoms with Gasteiger partial charge in [-0.05, 0) is 36.4 Å². The molecule has 0 unspecified atom stereocenters. The van der Waals surface area contributed by atoms with Crippen molar-refractivity contribution in [2.24, 2.45) is 5.73 Å². The third kappa shape index (κ3) is 6.80. The number of nitrogens with two attached hydrogens (primary N) is 1. The van der Waals surface area contributed by atoms with Gasteiger partial charge in [-0.3, -0.25) is 9.11 Å². The lowest BCUT2D eigenvalue weighted by Crippen LogP contribution is -2.16. The maximum atomic E-state index is 11.6. The summed E-state index contributed by atoms with van der Waals surface area (Å²) in [6.07, 6.45) is 0. The van der Waals surface area contributed by atoms with Crippen molar-refractivity contribution >= 4 is 55.4 Å². The van der Waals surface area contributed by atoms with E-state index in [2.05, 4.69) is 30.9 Å². The number of carbonyl (C=O) groups is 1. The van der Waals surface area contributed by atoms with Gasteiger partial charge < -0.3 is 26.8 Å². The SMILES string of the molecule is NCCNc1nc(Nc2cccc(S(=O)(=O)O)c2)nc(Nc2ccc(S(=O)(=O)O)cc2C(=O)O)n1. The first kappa shape index (κ1) is 25.7. The van der Waals surface area contributed by atoms with Crippen molar-refractivity contribution in [3.8, 4) is 0 Å². The van der Waals surface area contributed by atoms with Gasteiger partial charge in [0.1, 0.15) is 0 Å². The van der Waals surface area contributed by atoms with Crippen LogP contribution in [0.25, 0.3) is 0 Å². The van der Waals surface area contributed by atoms with Crippen LogP contribution >= 0.6 is 0 Å². The van der Waals surface area contributed by atoms with Crippen LogP contribution in [0.2, 0.25) is 0 Å². The summed E-state index contributed by atoms with van der Waals surface area (Å²) in [7, 11) is -9.11. The number of carboxylic acids is 1. The van der Waals surface area contributed by atoms with E-state index in [1.54, 1.807) is 0 Å². The topological polar surface area (TPSA) is 247 Å². The molecule has 0 atom stereocenters. The number of nitrogens with zero attached hydrogens (tertiary/aromatic N) is 3. The number of carboxylic acid groups (broad SMARTS) is 1. The Morgan fingerprint density at radius 2 is 1.46 bits per heavy atom. The largest absolute Gasteiger partial charge is 0.478 e. The Hall–Kier alpha value is -3.90. The lowest BCUT2D eigenvalue weighted by atomic mass is 10.2. The second-order valence-electron chi connectivity index (χ2n) is 6.76. The molecule has 0 saturated carbocycles. The van der Waals surface area contributed by atoms with Crippen LogP contribution in [-0.2, 0) is 20.2 Å². The highest BCUT2D eigenvalue weighted by Gasteiger charge is 2.18. The predicted molar refractivity (Wildman–Crippen MR) is 123 cm³/mol. The summed E-state index contributed by atoms with van der Waals surface area (Å²) < 4.78 is 63.9. The Morgan fingerprint density at radius 3 is 2.06 bits per heavy atom. The fourth-order valence-corrected chi connectivity index (χ4v) is 3.74. The smallest absolute Gasteiger partial charge is 0.337 e. The van der Waals surface area contributed by atoms with Crippen molar-refractivity contribution in [1.82, 2.24) is 15.0 Å². The van der Waals surface area contributed by atoms with Gasteiger partial charge in [-0.25, -0.2) is 4.79 Å². The Kier molecular flexibility index (Phi) is 7.46. The zero-order chi connectivity index (χ0) is 25.8. The first-order valence-corrected chi connectivity index (χ1v) is 12.4. The summed E-state index contributed by atoms with van der Waals surface area (Å²) >= 11 is 0. The number of benzene rings is 2. The maximum absolute atomic E-state index is 11.6. The molecule has 186 valence electrons. The Labute approximate surface area is 199 Å². The van der Waals surface area contributed by atoms with E-state index in [1.165, 1.54) is 18.2 Å². The van der Waals surface area contributed by atoms with Gasteiger partial charge in [-0.15, -0.1) is 0 Å². The molecule has 15 nitrogen and oxygen atoms in total. The molecule has 1 heterocycles. The molecule has 35 heavy (non-hydrogen) atoms. The number of aromatic carboxylic acids is 1. The molecule has 0 saturated heterocycles. The fourth-order valence-electron chi connectivity index (χ4n) is 2.70. The summed E-state index contributed by atoms with van der Waals surface area (Å²) in [4.78, 5) is 23.0. The summed E-state index contributed by atoms with van der Waals surface area (Å²) in [6, 6.07) is 8.01. The zero-order valence-corrected chi connectivity index (χ0v) is 19.2. The molecule has 8 N–H and O–H groups in total. The van der Waals surface area contributed by atoms with E-state index in [4.69, 9.17) is 5.73 Å². The van der Waals surface area contributed by atoms with Gasteiger partial charge >= 0.3 is 5.97 Å². The molecule has 0 fully saturated rings. The Morgan fingerprint density at radius 1 is 0.857 bits per heavy atom. The van der Waals surface area contributed by atoms with E-state index in [9.17, 15) is 35.8 Å². The molecule has 1 aromatic heterocycles. The standard InChI is InChI=1S/C18H19N7O8S2/c19-6-7-20-16-23-17(21-10-2-1-3-11(8-10)34(28,29)30)25-18(24-16)22-14-5-4-12(35(31,32)33)9-13(14)15(26)27/h1-5,8-9H,6-7,19H2,(H,26,27)(H,28,29,30)(H,31,32,33)(H3,20,21,22,23,24,25). The number of hydrogen-bond donors (Lipinski definition) is 7. The van der Waals surface area contributed by atoms with Crippen molar-refractivity contribution in [3.05, 3.63) is 48.0 Å². The van der Waals surface area contributed by atoms with Crippen molar-refractivity contribution < 1.29 is 35.8 Å². The summed E-state index contributed by atoms with van der Waals surface area (Å²) in [5.74, 6) is -1.74. The number of aromatic nitrogens is 3. The van der Waals surface area contributed by atoms with Gasteiger partial charge in [-0.2, -0.15) is 31.8 Å². The molecule has 0 radical (unpaired) electrons. The first-order chi connectivity index (χ1) is 16.4. The van der Waals surface area contributed by atoms with Crippen molar-refractivity contribution in [3.63, 3.8) is 0 Å². The van der Waals surface area contributed by atoms with Gasteiger partial charge in [0, 0.05) is 18.8 Å². The van der Waals surface area contributed by atoms with Crippen LogP contribution in [-0.4, -0.2) is 65.1 Å². The predicted octanol–water partition coefficient (Wildman–Crippen LogP) is 0.921. The van der Waals surface area contributed by atoms with E-state index in [0.29, 0.717) is 0 Å². The summed E-state index contributed by atoms with van der Waals surface area (Å²) in [5, 5.41) is 17.7. The quantitative estimate of drug-likeness (QED) is 0.182. The number of anilines is 5. The van der Waals surface area contributed by atoms with Crippen LogP contribution < -0.4 is 21.7 Å². The second-order valence-corrected chi connectivity index (χ2v) is 9.61. The van der Waals surface area contributed by atoms with E-state index >= 15 is 0 Å². The van der Waals surface area contributed by atoms with E-state index in [-0.39, 0.29) is 47.2 Å². The minimum Gasteiger partial charge on any atom is -0.478 e. The fraction of sp³-hybridized carbons (Fsp3) is 0.111. The minimum atomic E-state index is -4.65. The van der Waals surface area contributed by atoms with Crippen LogP contribution in [0, 0.1) is 0 Å². The maximum Gasteiger partial charge on any atom is 0.337 e. The average molecular weight is 526 g/mol. The van der Waals surface area contributed by atoms with Crippen LogP contribution in [0.1, 0.15) is 10.4 Å². The molecule has 0 aliphatic rings. The molecule has 3 rings (SSSR count). The van der Waals surface area contributed by atoms with E-state index in [0.717, 1.165) is 24.3 Å². The third-order valence-electron chi connectivity index (χ3n) is 4.22. The minimum absolute atomic E-state index is 0.0211. The Balaban J connectivity index is 2.00. The number of hydrogen-bond acceptors (Lipinski definition) is 12. The zero-order valence-electron chi connectivity index (χ0n) is 17.6. The molecular weight excluding hydrogens is 506 g/mol. The second kappa shape index (κ2) is 10.2. The summed E-state index contributed by atoms with van der Waals surface area (Å²) in [5.41, 5.74) is 5.09. The lowest BCUT2D eigenvalue weighted by Gasteiger charge is -2.13. The number of nitrogens with one attached hydrogen (secondary N) is 3. The van der Waals surface area contributed by atoms with Gasteiger partial charge in [0.05, 0.1) is 21.0 Å². The van der Waals surface area contributed by atoms with Crippen LogP contribution in [0.4, 0.5) is 29.2 Å². The molecule has 17 heteroatoms. The molecule has 0 aliphatic heterocycles. The van der Waals surface area contributed by atoms with Crippen molar-refractivity contribution in [2.75, 3.05) is 29.0 Å². The van der Waals surface area contributed by atoms with E-state index in [1.807, 2.05) is 0 Å². The lowest BCUT2D eigenvalue weighted by molar-refractivity contribution is 0.0697. The van der Waals surface area contributed by atoms with Gasteiger partial charge in [0.15, 0.2) is 0 Å².